The van der Waals surface area contributed by atoms with Crippen LogP contribution in [-0.4, -0.2) is 11.6 Å². The SMILES string of the molecule is CC(=O)Cc1ccccc1.CCC(=O)c1ccccc1. The van der Waals surface area contributed by atoms with Gasteiger partial charge in [-0.15, -0.1) is 0 Å². The average Bonchev–Trinajstić information content (AvgIpc) is 2.48. The molecule has 2 nitrogen and oxygen atoms in total. The Morgan fingerprint density at radius 2 is 1.35 bits per heavy atom. The zero-order valence-corrected chi connectivity index (χ0v) is 12.0. The lowest BCUT2D eigenvalue weighted by molar-refractivity contribution is -0.116. The summed E-state index contributed by atoms with van der Waals surface area (Å²) in [5, 5.41) is 0. The molecule has 0 amide bonds. The maximum atomic E-state index is 11.0. The highest BCUT2D eigenvalue weighted by atomic mass is 16.1. The quantitative estimate of drug-likeness (QED) is 0.782. The van der Waals surface area contributed by atoms with Gasteiger partial charge in [0.15, 0.2) is 5.78 Å². The molecular formula is C18H20O2. The molecule has 104 valence electrons. The fourth-order valence-electron chi connectivity index (χ4n) is 1.71. The molecule has 0 bridgehead atoms. The summed E-state index contributed by atoms with van der Waals surface area (Å²) in [7, 11) is 0. The minimum Gasteiger partial charge on any atom is -0.300 e. The Bertz CT molecular complexity index is 530. The predicted octanol–water partition coefficient (Wildman–Crippen LogP) is 4.10. The van der Waals surface area contributed by atoms with E-state index in [2.05, 4.69) is 0 Å². The van der Waals surface area contributed by atoms with Gasteiger partial charge >= 0.3 is 0 Å². The molecule has 2 rings (SSSR count). The van der Waals surface area contributed by atoms with Gasteiger partial charge in [0, 0.05) is 18.4 Å². The maximum Gasteiger partial charge on any atom is 0.162 e. The summed E-state index contributed by atoms with van der Waals surface area (Å²) in [6, 6.07) is 19.1. The Morgan fingerprint density at radius 3 is 1.80 bits per heavy atom. The first-order chi connectivity index (χ1) is 9.63. The Hall–Kier alpha value is -2.22. The third-order valence-electron chi connectivity index (χ3n) is 2.71. The van der Waals surface area contributed by atoms with E-state index in [0.29, 0.717) is 12.8 Å². The molecule has 0 fully saturated rings. The van der Waals surface area contributed by atoms with Crippen LogP contribution in [0.15, 0.2) is 60.7 Å². The van der Waals surface area contributed by atoms with Gasteiger partial charge in [0.2, 0.25) is 0 Å². The van der Waals surface area contributed by atoms with Gasteiger partial charge in [-0.3, -0.25) is 9.59 Å². The molecule has 0 aliphatic heterocycles. The van der Waals surface area contributed by atoms with Crippen LogP contribution >= 0.6 is 0 Å². The second-order valence-corrected chi connectivity index (χ2v) is 4.51. The van der Waals surface area contributed by atoms with Crippen molar-refractivity contribution in [3.8, 4) is 0 Å². The largest absolute Gasteiger partial charge is 0.300 e. The summed E-state index contributed by atoms with van der Waals surface area (Å²) in [4.78, 5) is 21.6. The average molecular weight is 268 g/mol. The van der Waals surface area contributed by atoms with Gasteiger partial charge in [-0.1, -0.05) is 67.6 Å². The van der Waals surface area contributed by atoms with Gasteiger partial charge in [-0.25, -0.2) is 0 Å². The molecule has 2 aromatic rings. The second-order valence-electron chi connectivity index (χ2n) is 4.51. The fraction of sp³-hybridized carbons (Fsp3) is 0.222. The summed E-state index contributed by atoms with van der Waals surface area (Å²) in [5.74, 6) is 0.423. The Balaban J connectivity index is 0.000000200. The topological polar surface area (TPSA) is 34.1 Å². The van der Waals surface area contributed by atoms with Crippen molar-refractivity contribution >= 4 is 11.6 Å². The predicted molar refractivity (Wildman–Crippen MR) is 81.9 cm³/mol. The van der Waals surface area contributed by atoms with Crippen LogP contribution in [0.2, 0.25) is 0 Å². The van der Waals surface area contributed by atoms with E-state index >= 15 is 0 Å². The van der Waals surface area contributed by atoms with Gasteiger partial charge in [-0.05, 0) is 12.5 Å². The summed E-state index contributed by atoms with van der Waals surface area (Å²) >= 11 is 0. The first-order valence-electron chi connectivity index (χ1n) is 6.75. The molecule has 0 radical (unpaired) electrons. The normalized spacial score (nSPS) is 9.30. The lowest BCUT2D eigenvalue weighted by atomic mass is 10.1. The van der Waals surface area contributed by atoms with Gasteiger partial charge in [0.1, 0.15) is 5.78 Å². The van der Waals surface area contributed by atoms with Crippen LogP contribution in [0.1, 0.15) is 36.2 Å². The summed E-state index contributed by atoms with van der Waals surface area (Å²) in [6.07, 6.45) is 1.14. The minimum atomic E-state index is 0.209. The molecule has 0 spiro atoms. The highest BCUT2D eigenvalue weighted by molar-refractivity contribution is 5.95. The van der Waals surface area contributed by atoms with Crippen LogP contribution < -0.4 is 0 Å². The van der Waals surface area contributed by atoms with Crippen LogP contribution in [-0.2, 0) is 11.2 Å². The van der Waals surface area contributed by atoms with Crippen molar-refractivity contribution in [1.82, 2.24) is 0 Å². The van der Waals surface area contributed by atoms with E-state index in [1.54, 1.807) is 6.92 Å². The molecule has 0 unspecified atom stereocenters. The molecule has 0 N–H and O–H groups in total. The molecule has 0 aliphatic carbocycles. The number of benzene rings is 2. The van der Waals surface area contributed by atoms with Crippen molar-refractivity contribution in [3.05, 3.63) is 71.8 Å². The number of carbonyl (C=O) groups is 2. The molecular weight excluding hydrogens is 248 g/mol. The van der Waals surface area contributed by atoms with Crippen molar-refractivity contribution in [2.45, 2.75) is 26.7 Å². The standard InChI is InChI=1S/2C9H10O/c1-8(10)7-9-5-3-2-4-6-9;1-2-9(10)8-6-4-3-5-7-8/h2-6H,7H2,1H3;3-7H,2H2,1H3. The van der Waals surface area contributed by atoms with E-state index in [-0.39, 0.29) is 11.6 Å². The van der Waals surface area contributed by atoms with Crippen LogP contribution in [0.5, 0.6) is 0 Å². The van der Waals surface area contributed by atoms with Crippen LogP contribution in [0, 0.1) is 0 Å². The number of hydrogen-bond donors (Lipinski definition) is 0. The first-order valence-corrected chi connectivity index (χ1v) is 6.75. The van der Waals surface area contributed by atoms with Crippen molar-refractivity contribution in [2.75, 3.05) is 0 Å². The smallest absolute Gasteiger partial charge is 0.162 e. The van der Waals surface area contributed by atoms with Crippen LogP contribution in [0.3, 0.4) is 0 Å². The highest BCUT2D eigenvalue weighted by Gasteiger charge is 1.98. The molecule has 2 heteroatoms. The lowest BCUT2D eigenvalue weighted by Gasteiger charge is -1.93. The lowest BCUT2D eigenvalue weighted by Crippen LogP contribution is -1.94. The molecule has 20 heavy (non-hydrogen) atoms. The number of carbonyl (C=O) groups excluding carboxylic acids is 2. The molecule has 0 aromatic heterocycles. The zero-order valence-electron chi connectivity index (χ0n) is 12.0. The van der Waals surface area contributed by atoms with Crippen LogP contribution in [0.25, 0.3) is 0 Å². The fourth-order valence-corrected chi connectivity index (χ4v) is 1.71. The minimum absolute atomic E-state index is 0.209. The summed E-state index contributed by atoms with van der Waals surface area (Å²) < 4.78 is 0. The Labute approximate surface area is 120 Å². The highest BCUT2D eigenvalue weighted by Crippen LogP contribution is 2.01. The molecule has 2 aromatic carbocycles. The van der Waals surface area contributed by atoms with Crippen molar-refractivity contribution in [3.63, 3.8) is 0 Å². The van der Waals surface area contributed by atoms with Gasteiger partial charge in [0.05, 0.1) is 0 Å². The van der Waals surface area contributed by atoms with Crippen molar-refractivity contribution in [1.29, 1.82) is 0 Å². The third-order valence-corrected chi connectivity index (χ3v) is 2.71. The third kappa shape index (κ3) is 6.10. The first kappa shape index (κ1) is 15.8. The Morgan fingerprint density at radius 1 is 0.850 bits per heavy atom. The van der Waals surface area contributed by atoms with E-state index in [9.17, 15) is 9.59 Å². The summed E-state index contributed by atoms with van der Waals surface area (Å²) in [6.45, 7) is 3.47. The van der Waals surface area contributed by atoms with Gasteiger partial charge in [0.25, 0.3) is 0 Å². The second kappa shape index (κ2) is 8.81. The number of rotatable bonds is 4. The van der Waals surface area contributed by atoms with E-state index in [1.165, 1.54) is 0 Å². The monoisotopic (exact) mass is 268 g/mol. The number of hydrogen-bond acceptors (Lipinski definition) is 2. The zero-order chi connectivity index (χ0) is 14.8. The molecule has 0 atom stereocenters. The van der Waals surface area contributed by atoms with Gasteiger partial charge < -0.3 is 0 Å². The van der Waals surface area contributed by atoms with E-state index in [4.69, 9.17) is 0 Å². The van der Waals surface area contributed by atoms with Crippen molar-refractivity contribution < 1.29 is 9.59 Å². The van der Waals surface area contributed by atoms with Gasteiger partial charge in [-0.2, -0.15) is 0 Å². The molecule has 0 saturated carbocycles. The maximum absolute atomic E-state index is 11.0. The molecule has 0 heterocycles. The van der Waals surface area contributed by atoms with E-state index in [1.807, 2.05) is 67.6 Å². The van der Waals surface area contributed by atoms with E-state index < -0.39 is 0 Å². The molecule has 0 saturated heterocycles. The number of Topliss-reactive ketones (excluding diaryl/α,β-unsaturated/α-hetero) is 2. The molecule has 0 aliphatic rings. The van der Waals surface area contributed by atoms with Crippen LogP contribution in [0.4, 0.5) is 0 Å². The summed E-state index contributed by atoms with van der Waals surface area (Å²) in [5.41, 5.74) is 1.90. The van der Waals surface area contributed by atoms with E-state index in [0.717, 1.165) is 11.1 Å². The van der Waals surface area contributed by atoms with Crippen molar-refractivity contribution in [2.24, 2.45) is 0 Å². The number of ketones is 2. The Kier molecular flexibility index (Phi) is 6.97.